The first-order chi connectivity index (χ1) is 24.4. The van der Waals surface area contributed by atoms with E-state index in [1.54, 1.807) is 6.92 Å². The zero-order valence-corrected chi connectivity index (χ0v) is 39.6. The molecule has 0 aliphatic rings. The molecule has 0 aliphatic carbocycles. The van der Waals surface area contributed by atoms with Gasteiger partial charge in [-0.3, -0.25) is 0 Å². The average molecular weight is 888 g/mol. The summed E-state index contributed by atoms with van der Waals surface area (Å²) in [6.07, 6.45) is 18.7. The lowest BCUT2D eigenvalue weighted by Crippen LogP contribution is -2.55. The van der Waals surface area contributed by atoms with Gasteiger partial charge in [-0.1, -0.05) is 131 Å². The second-order valence-electron chi connectivity index (χ2n) is 17.0. The summed E-state index contributed by atoms with van der Waals surface area (Å²) >= 11 is 2.20. The number of hydrogen-bond donors (Lipinski definition) is 2. The Bertz CT molecular complexity index is 1290. The van der Waals surface area contributed by atoms with E-state index >= 15 is 0 Å². The maximum absolute atomic E-state index is 12.4. The van der Waals surface area contributed by atoms with Gasteiger partial charge in [-0.15, -0.1) is 0 Å². The predicted molar refractivity (Wildman–Crippen MR) is 236 cm³/mol. The predicted octanol–water partition coefficient (Wildman–Crippen LogP) is 11.6. The number of carbonyl (C=O) groups excluding carboxylic acids is 2. The molecular weight excluding hydrogens is 814 g/mol. The van der Waals surface area contributed by atoms with Crippen molar-refractivity contribution in [3.8, 4) is 0 Å². The lowest BCUT2D eigenvalue weighted by atomic mass is 9.96. The minimum Gasteiger partial charge on any atom is -0.463 e. The van der Waals surface area contributed by atoms with Gasteiger partial charge in [0, 0.05) is 12.0 Å². The van der Waals surface area contributed by atoms with Crippen LogP contribution in [0.1, 0.15) is 108 Å². The molecule has 0 spiro atoms. The van der Waals surface area contributed by atoms with Crippen LogP contribution in [0.5, 0.6) is 0 Å². The second-order valence-corrected chi connectivity index (χ2v) is 27.3. The van der Waals surface area contributed by atoms with Gasteiger partial charge in [0.25, 0.3) is 0 Å². The van der Waals surface area contributed by atoms with Crippen LogP contribution in [0.15, 0.2) is 69.9 Å². The largest absolute Gasteiger partial charge is 0.463 e. The van der Waals surface area contributed by atoms with Crippen molar-refractivity contribution in [2.45, 2.75) is 168 Å². The Labute approximate surface area is 339 Å². The zero-order valence-electron chi connectivity index (χ0n) is 35.5. The molecule has 0 rings (SSSR count). The number of rotatable bonds is 23. The van der Waals surface area contributed by atoms with Crippen molar-refractivity contribution in [2.75, 3.05) is 6.61 Å². The van der Waals surface area contributed by atoms with Gasteiger partial charge < -0.3 is 29.2 Å². The molecule has 0 heterocycles. The van der Waals surface area contributed by atoms with E-state index < -0.39 is 47.1 Å². The molecular formula is C42H74INO7Si2. The van der Waals surface area contributed by atoms with Crippen LogP contribution in [0.2, 0.25) is 36.3 Å². The monoisotopic (exact) mass is 887 g/mol. The molecule has 0 radical (unpaired) electrons. The van der Waals surface area contributed by atoms with Gasteiger partial charge in [0.05, 0.1) is 18.8 Å². The Kier molecular flexibility index (Phi) is 23.8. The summed E-state index contributed by atoms with van der Waals surface area (Å²) < 4.78 is 27.1. The standard InChI is InChI=1S/C42H74INO7Si2/c1-15-48-38(46)27-23-19-18-22-26-37(50-52(11,12)41(5,6)7)39(51-53(13,14)42(8,9)10)36(49-40(44)47)25-21-17-16-20-24-32(2)31-35(45)34(4)30-33(3)28-29-43/h16,20,22-24,26-30,34-37,39,45H,15,17-19,21,25,31H2,1-14H3,(H2,44,47)/b20-16+,26-22+,27-23+,29-28+,32-24+,33-30+/t34-,35-,36+,37+,39+/m1/s1. The van der Waals surface area contributed by atoms with Crippen LogP contribution in [0.25, 0.3) is 0 Å². The third-order valence-electron chi connectivity index (χ3n) is 10.2. The molecule has 1 amide bonds. The number of amides is 1. The smallest absolute Gasteiger partial charge is 0.404 e. The van der Waals surface area contributed by atoms with Crippen molar-refractivity contribution in [3.05, 3.63) is 69.9 Å². The Hall–Kier alpha value is -1.78. The molecule has 5 atom stereocenters. The van der Waals surface area contributed by atoms with Gasteiger partial charge in [0.15, 0.2) is 16.6 Å². The van der Waals surface area contributed by atoms with Crippen molar-refractivity contribution < 1.29 is 33.0 Å². The van der Waals surface area contributed by atoms with Crippen LogP contribution in [0, 0.1) is 5.92 Å². The summed E-state index contributed by atoms with van der Waals surface area (Å²) in [5, 5.41) is 10.5. The summed E-state index contributed by atoms with van der Waals surface area (Å²) in [7, 11) is -4.73. The van der Waals surface area contributed by atoms with E-state index in [1.807, 2.05) is 55.2 Å². The number of hydrogen-bond acceptors (Lipinski definition) is 7. The number of halogens is 1. The molecule has 0 bridgehead atoms. The highest BCUT2D eigenvalue weighted by Gasteiger charge is 2.47. The van der Waals surface area contributed by atoms with Gasteiger partial charge in [-0.25, -0.2) is 9.59 Å². The normalized spacial score (nSPS) is 17.1. The summed E-state index contributed by atoms with van der Waals surface area (Å²) in [4.78, 5) is 24.2. The number of carbonyl (C=O) groups is 2. The van der Waals surface area contributed by atoms with Crippen LogP contribution in [-0.2, 0) is 23.1 Å². The van der Waals surface area contributed by atoms with Crippen molar-refractivity contribution >= 4 is 51.3 Å². The number of primary amides is 1. The molecule has 0 unspecified atom stereocenters. The Balaban J connectivity index is 6.37. The molecule has 0 aromatic heterocycles. The van der Waals surface area contributed by atoms with Crippen molar-refractivity contribution in [1.29, 1.82) is 0 Å². The van der Waals surface area contributed by atoms with Crippen LogP contribution >= 0.6 is 22.6 Å². The first-order valence-corrected chi connectivity index (χ1v) is 26.2. The van der Waals surface area contributed by atoms with E-state index in [2.05, 4.69) is 109 Å². The first kappa shape index (κ1) is 51.2. The molecule has 0 fully saturated rings. The summed E-state index contributed by atoms with van der Waals surface area (Å²) in [6, 6.07) is 0. The van der Waals surface area contributed by atoms with Gasteiger partial charge in [0.2, 0.25) is 0 Å². The lowest BCUT2D eigenvalue weighted by molar-refractivity contribution is -0.137. The molecule has 304 valence electrons. The molecule has 11 heteroatoms. The highest BCUT2D eigenvalue weighted by Crippen LogP contribution is 2.42. The van der Waals surface area contributed by atoms with Gasteiger partial charge in [-0.05, 0) is 99.6 Å². The number of ether oxygens (including phenoxy) is 2. The van der Waals surface area contributed by atoms with E-state index in [-0.39, 0.29) is 22.0 Å². The van der Waals surface area contributed by atoms with Crippen molar-refractivity contribution in [1.82, 2.24) is 0 Å². The van der Waals surface area contributed by atoms with E-state index in [0.717, 1.165) is 24.0 Å². The number of aliphatic hydroxyl groups is 1. The van der Waals surface area contributed by atoms with E-state index in [9.17, 15) is 14.7 Å². The average Bonchev–Trinajstić information content (AvgIpc) is 3.00. The number of esters is 1. The van der Waals surface area contributed by atoms with Crippen molar-refractivity contribution in [3.63, 3.8) is 0 Å². The fourth-order valence-electron chi connectivity index (χ4n) is 4.87. The van der Waals surface area contributed by atoms with Gasteiger partial charge in [-0.2, -0.15) is 0 Å². The summed E-state index contributed by atoms with van der Waals surface area (Å²) in [6.45, 7) is 30.2. The van der Waals surface area contributed by atoms with E-state index in [4.69, 9.17) is 24.1 Å². The third-order valence-corrected chi connectivity index (χ3v) is 19.5. The lowest BCUT2D eigenvalue weighted by Gasteiger charge is -2.46. The van der Waals surface area contributed by atoms with Crippen molar-refractivity contribution in [2.24, 2.45) is 11.7 Å². The number of unbranched alkanes of at least 4 members (excludes halogenated alkanes) is 2. The molecule has 3 N–H and O–H groups in total. The molecule has 53 heavy (non-hydrogen) atoms. The molecule has 0 aromatic carbocycles. The Morgan fingerprint density at radius 1 is 0.887 bits per heavy atom. The molecule has 0 saturated heterocycles. The molecule has 8 nitrogen and oxygen atoms in total. The van der Waals surface area contributed by atoms with Crippen LogP contribution in [0.4, 0.5) is 4.79 Å². The van der Waals surface area contributed by atoms with Crippen LogP contribution < -0.4 is 5.73 Å². The SMILES string of the molecule is CCOC(=O)/C=C/CC/C=C/[C@H](O[Si](C)(C)C(C)(C)C)[C@@H](O[Si](C)(C)C(C)(C)C)[C@H](CCC/C=C/C=C(\C)C[C@@H](O)[C@H](C)/C=C(C)/C=C/I)OC(N)=O. The topological polar surface area (TPSA) is 117 Å². The van der Waals surface area contributed by atoms with E-state index in [0.29, 0.717) is 32.3 Å². The van der Waals surface area contributed by atoms with Crippen LogP contribution in [0.3, 0.4) is 0 Å². The molecule has 0 saturated carbocycles. The molecule has 0 aromatic rings. The fourth-order valence-corrected chi connectivity index (χ4v) is 8.00. The quantitative estimate of drug-likeness (QED) is 0.0200. The summed E-state index contributed by atoms with van der Waals surface area (Å²) in [5.74, 6) is -0.302. The second kappa shape index (κ2) is 24.7. The number of allylic oxidation sites excluding steroid dienone is 7. The minimum absolute atomic E-state index is 0.0473. The first-order valence-electron chi connectivity index (χ1n) is 19.2. The van der Waals surface area contributed by atoms with Gasteiger partial charge >= 0.3 is 12.1 Å². The molecule has 0 aliphatic heterocycles. The highest BCUT2D eigenvalue weighted by atomic mass is 127. The number of aliphatic hydroxyl groups excluding tert-OH is 1. The zero-order chi connectivity index (χ0) is 41.0. The summed E-state index contributed by atoms with van der Waals surface area (Å²) in [5.41, 5.74) is 7.95. The Morgan fingerprint density at radius 2 is 1.47 bits per heavy atom. The number of nitrogens with two attached hydrogens (primary N) is 1. The fraction of sp³-hybridized carbons (Fsp3) is 0.667. The van der Waals surface area contributed by atoms with Crippen LogP contribution in [-0.4, -0.2) is 64.8 Å². The van der Waals surface area contributed by atoms with Gasteiger partial charge in [0.1, 0.15) is 12.2 Å². The maximum Gasteiger partial charge on any atom is 0.404 e. The van der Waals surface area contributed by atoms with E-state index in [1.165, 1.54) is 6.08 Å². The highest BCUT2D eigenvalue weighted by molar-refractivity contribution is 14.1. The third kappa shape index (κ3) is 21.2. The Morgan fingerprint density at radius 3 is 2.02 bits per heavy atom. The minimum atomic E-state index is -2.40. The maximum atomic E-state index is 12.4.